The van der Waals surface area contributed by atoms with Gasteiger partial charge in [0.2, 0.25) is 0 Å². The summed E-state index contributed by atoms with van der Waals surface area (Å²) in [5.41, 5.74) is 6.22. The van der Waals surface area contributed by atoms with E-state index in [0.717, 1.165) is 58.6 Å². The molecule has 0 aliphatic heterocycles. The Morgan fingerprint density at radius 1 is 0.872 bits per heavy atom. The molecule has 0 spiro atoms. The lowest BCUT2D eigenvalue weighted by molar-refractivity contribution is 0.388. The van der Waals surface area contributed by atoms with Crippen molar-refractivity contribution in [1.82, 2.24) is 19.7 Å². The summed E-state index contributed by atoms with van der Waals surface area (Å²) in [4.78, 5) is 33.5. The maximum absolute atomic E-state index is 14.0. The second kappa shape index (κ2) is 11.9. The quantitative estimate of drug-likeness (QED) is 0.251. The average molecular weight is 521 g/mol. The second-order valence-corrected chi connectivity index (χ2v) is 9.65. The largest absolute Gasteiger partial charge is 0.439 e. The van der Waals surface area contributed by atoms with Crippen LogP contribution in [-0.4, -0.2) is 19.7 Å². The number of aryl methyl sites for hydroxylation is 2. The number of nitrogens with one attached hydrogen (secondary N) is 1. The van der Waals surface area contributed by atoms with Gasteiger partial charge in [-0.2, -0.15) is 0 Å². The summed E-state index contributed by atoms with van der Waals surface area (Å²) in [5.74, 6) is 0.547. The highest BCUT2D eigenvalue weighted by atomic mass is 16.5. The summed E-state index contributed by atoms with van der Waals surface area (Å²) in [5, 5.41) is 3.96. The molecule has 0 amide bonds. The Labute approximate surface area is 227 Å². The van der Waals surface area contributed by atoms with Crippen LogP contribution >= 0.6 is 0 Å². The topological polar surface area (TPSA) is 93.8 Å². The van der Waals surface area contributed by atoms with Gasteiger partial charge in [-0.1, -0.05) is 98.2 Å². The molecule has 0 saturated heterocycles. The summed E-state index contributed by atoms with van der Waals surface area (Å²) < 4.78 is 6.64. The van der Waals surface area contributed by atoms with Crippen LogP contribution in [0, 0.1) is 0 Å². The minimum Gasteiger partial charge on any atom is -0.296 e. The number of hydrogen-bond acceptors (Lipinski definition) is 5. The van der Waals surface area contributed by atoms with Crippen LogP contribution in [0.4, 0.5) is 0 Å². The molecule has 0 radical (unpaired) electrons. The van der Waals surface area contributed by atoms with Crippen molar-refractivity contribution in [3.63, 3.8) is 0 Å². The molecule has 0 atom stereocenters. The van der Waals surface area contributed by atoms with Gasteiger partial charge in [0.15, 0.2) is 5.82 Å². The lowest BCUT2D eigenvalue weighted by Gasteiger charge is -2.17. The van der Waals surface area contributed by atoms with Gasteiger partial charge in [-0.05, 0) is 41.2 Å². The van der Waals surface area contributed by atoms with Crippen LogP contribution in [0.2, 0.25) is 0 Å². The number of rotatable bonds is 10. The highest BCUT2D eigenvalue weighted by Gasteiger charge is 2.19. The first-order valence-electron chi connectivity index (χ1n) is 13.5. The van der Waals surface area contributed by atoms with E-state index in [0.29, 0.717) is 30.8 Å². The van der Waals surface area contributed by atoms with Crippen LogP contribution < -0.4 is 11.3 Å². The van der Waals surface area contributed by atoms with Gasteiger partial charge in [0, 0.05) is 24.0 Å². The fourth-order valence-electron chi connectivity index (χ4n) is 4.93. The van der Waals surface area contributed by atoms with Gasteiger partial charge in [0.25, 0.3) is 5.56 Å². The summed E-state index contributed by atoms with van der Waals surface area (Å²) in [6.07, 6.45) is 3.84. The van der Waals surface area contributed by atoms with Gasteiger partial charge in [-0.3, -0.25) is 18.9 Å². The molecule has 7 heteroatoms. The molecule has 39 heavy (non-hydrogen) atoms. The molecule has 3 aromatic carbocycles. The molecule has 198 valence electrons. The van der Waals surface area contributed by atoms with E-state index in [1.165, 1.54) is 0 Å². The zero-order chi connectivity index (χ0) is 27.2. The summed E-state index contributed by atoms with van der Waals surface area (Å²) in [6.45, 7) is 4.67. The fraction of sp³-hybridized carbons (Fsp3) is 0.250. The Kier molecular flexibility index (Phi) is 7.96. The number of aromatic amines is 1. The average Bonchev–Trinajstić information content (AvgIpc) is 3.41. The molecule has 2 aromatic heterocycles. The highest BCUT2D eigenvalue weighted by molar-refractivity contribution is 5.81. The van der Waals surface area contributed by atoms with Crippen LogP contribution in [0.3, 0.4) is 0 Å². The molecule has 5 aromatic rings. The number of H-pyrrole nitrogens is 1. The molecule has 0 bridgehead atoms. The van der Waals surface area contributed by atoms with Crippen molar-refractivity contribution in [2.24, 2.45) is 0 Å². The van der Waals surface area contributed by atoms with Crippen LogP contribution in [-0.2, 0) is 25.8 Å². The molecule has 7 nitrogen and oxygen atoms in total. The summed E-state index contributed by atoms with van der Waals surface area (Å²) in [7, 11) is 0. The van der Waals surface area contributed by atoms with E-state index in [1.54, 1.807) is 0 Å². The van der Waals surface area contributed by atoms with E-state index in [9.17, 15) is 9.59 Å². The Morgan fingerprint density at radius 3 is 2.28 bits per heavy atom. The molecular weight excluding hydrogens is 488 g/mol. The van der Waals surface area contributed by atoms with E-state index in [2.05, 4.69) is 17.1 Å². The molecule has 0 unspecified atom stereocenters. The number of unbranched alkanes of at least 4 members (excludes halogenated alkanes) is 1. The predicted molar refractivity (Wildman–Crippen MR) is 153 cm³/mol. The van der Waals surface area contributed by atoms with Crippen molar-refractivity contribution in [2.45, 2.75) is 52.5 Å². The molecule has 1 N–H and O–H groups in total. The Bertz CT molecular complexity index is 1670. The minimum absolute atomic E-state index is 0.000310. The highest BCUT2D eigenvalue weighted by Crippen LogP contribution is 2.31. The third-order valence-corrected chi connectivity index (χ3v) is 6.94. The van der Waals surface area contributed by atoms with Gasteiger partial charge in [-0.25, -0.2) is 9.78 Å². The Balaban J connectivity index is 1.61. The van der Waals surface area contributed by atoms with Crippen LogP contribution in [0.5, 0.6) is 0 Å². The molecule has 2 heterocycles. The van der Waals surface area contributed by atoms with Crippen molar-refractivity contribution in [3.05, 3.63) is 128 Å². The van der Waals surface area contributed by atoms with E-state index in [-0.39, 0.29) is 5.56 Å². The van der Waals surface area contributed by atoms with Gasteiger partial charge >= 0.3 is 5.76 Å². The third kappa shape index (κ3) is 5.82. The third-order valence-electron chi connectivity index (χ3n) is 6.94. The predicted octanol–water partition coefficient (Wildman–Crippen LogP) is 5.80. The lowest BCUT2D eigenvalue weighted by atomic mass is 9.94. The molecular formula is C32H32N4O3. The van der Waals surface area contributed by atoms with Crippen molar-refractivity contribution >= 4 is 0 Å². The van der Waals surface area contributed by atoms with Gasteiger partial charge in [-0.15, -0.1) is 0 Å². The van der Waals surface area contributed by atoms with Crippen LogP contribution in [0.15, 0.2) is 93.0 Å². The number of aromatic nitrogens is 4. The zero-order valence-corrected chi connectivity index (χ0v) is 22.3. The van der Waals surface area contributed by atoms with Crippen LogP contribution in [0.25, 0.3) is 22.5 Å². The van der Waals surface area contributed by atoms with E-state index < -0.39 is 5.76 Å². The zero-order valence-electron chi connectivity index (χ0n) is 22.3. The van der Waals surface area contributed by atoms with Crippen molar-refractivity contribution < 1.29 is 4.52 Å². The smallest absolute Gasteiger partial charge is 0.296 e. The number of benzene rings is 3. The molecule has 0 fully saturated rings. The molecule has 0 aliphatic carbocycles. The van der Waals surface area contributed by atoms with Crippen molar-refractivity contribution in [3.8, 4) is 22.5 Å². The van der Waals surface area contributed by atoms with Crippen LogP contribution in [0.1, 0.15) is 54.9 Å². The minimum atomic E-state index is -0.612. The maximum Gasteiger partial charge on any atom is 0.439 e. The first-order valence-corrected chi connectivity index (χ1v) is 13.5. The number of nitrogens with zero attached hydrogens (tertiary/aromatic N) is 3. The summed E-state index contributed by atoms with van der Waals surface area (Å²) >= 11 is 0. The van der Waals surface area contributed by atoms with Crippen molar-refractivity contribution in [1.29, 1.82) is 0 Å². The molecule has 0 saturated carbocycles. The van der Waals surface area contributed by atoms with Gasteiger partial charge in [0.05, 0.1) is 12.2 Å². The maximum atomic E-state index is 14.0. The Hall–Kier alpha value is -4.52. The number of hydrogen-bond donors (Lipinski definition) is 1. The SMILES string of the molecule is CCCCc1nc(CC)n(Cc2ccccc2)c(=O)c1Cc1ccc(-c2ccccc2)c(-c2noc(=O)[nH]2)c1. The van der Waals surface area contributed by atoms with E-state index in [4.69, 9.17) is 9.51 Å². The summed E-state index contributed by atoms with van der Waals surface area (Å²) in [6, 6.07) is 25.9. The monoisotopic (exact) mass is 520 g/mol. The normalized spacial score (nSPS) is 11.1. The lowest BCUT2D eigenvalue weighted by Crippen LogP contribution is -2.31. The van der Waals surface area contributed by atoms with E-state index >= 15 is 0 Å². The van der Waals surface area contributed by atoms with Crippen molar-refractivity contribution in [2.75, 3.05) is 0 Å². The Morgan fingerprint density at radius 2 is 1.62 bits per heavy atom. The fourth-order valence-corrected chi connectivity index (χ4v) is 4.93. The first kappa shape index (κ1) is 26.1. The standard InChI is InChI=1S/C32H32N4O3/c1-3-5-16-28-27(31(37)36(29(4-2)33-28)21-22-12-8-6-9-13-22)20-23-17-18-25(24-14-10-7-11-15-24)26(19-23)30-34-32(38)39-35-30/h6-15,17-19H,3-5,16,20-21H2,1-2H3,(H,34,35,38). The molecule has 5 rings (SSSR count). The van der Waals surface area contributed by atoms with Gasteiger partial charge in [0.1, 0.15) is 5.82 Å². The molecule has 0 aliphatic rings. The first-order chi connectivity index (χ1) is 19.1. The van der Waals surface area contributed by atoms with E-state index in [1.807, 2.05) is 90.4 Å². The second-order valence-electron chi connectivity index (χ2n) is 9.65. The van der Waals surface area contributed by atoms with Gasteiger partial charge < -0.3 is 0 Å².